The number of ether oxygens (including phenoxy) is 2. The summed E-state index contributed by atoms with van der Waals surface area (Å²) in [5.41, 5.74) is 2.00. The van der Waals surface area contributed by atoms with E-state index in [1.54, 1.807) is 14.2 Å². The molecular weight excluding hydrogens is 316 g/mol. The van der Waals surface area contributed by atoms with Crippen LogP contribution in [-0.2, 0) is 6.54 Å². The molecule has 2 aromatic rings. The van der Waals surface area contributed by atoms with Gasteiger partial charge in [0.15, 0.2) is 11.5 Å². The van der Waals surface area contributed by atoms with Gasteiger partial charge in [-0.15, -0.1) is 0 Å². The molecule has 0 aliphatic heterocycles. The van der Waals surface area contributed by atoms with Gasteiger partial charge in [-0.05, 0) is 31.0 Å². The fourth-order valence-electron chi connectivity index (χ4n) is 2.50. The molecule has 0 saturated carbocycles. The van der Waals surface area contributed by atoms with Crippen LogP contribution in [-0.4, -0.2) is 30.7 Å². The third kappa shape index (κ3) is 5.81. The lowest BCUT2D eigenvalue weighted by Crippen LogP contribution is -2.09. The highest BCUT2D eigenvalue weighted by Gasteiger charge is 2.06. The van der Waals surface area contributed by atoms with Crippen LogP contribution in [0, 0.1) is 6.92 Å². The molecule has 0 saturated heterocycles. The minimum Gasteiger partial charge on any atom is -0.493 e. The maximum absolute atomic E-state index is 5.34. The van der Waals surface area contributed by atoms with Gasteiger partial charge >= 0.3 is 0 Å². The zero-order chi connectivity index (χ0) is 18.1. The van der Waals surface area contributed by atoms with Crippen molar-refractivity contribution in [2.24, 2.45) is 0 Å². The van der Waals surface area contributed by atoms with Gasteiger partial charge in [0.05, 0.1) is 14.2 Å². The quantitative estimate of drug-likeness (QED) is 0.635. The molecule has 6 heteroatoms. The van der Waals surface area contributed by atoms with Crippen molar-refractivity contribution in [3.05, 3.63) is 35.5 Å². The fourth-order valence-corrected chi connectivity index (χ4v) is 2.50. The average Bonchev–Trinajstić information content (AvgIpc) is 2.63. The second kappa shape index (κ2) is 9.71. The Bertz CT molecular complexity index is 676. The molecule has 0 amide bonds. The number of nitrogens with one attached hydrogen (secondary N) is 2. The molecule has 0 aliphatic carbocycles. The summed E-state index contributed by atoms with van der Waals surface area (Å²) in [5, 5.41) is 6.64. The molecular formula is C19H28N4O2. The van der Waals surface area contributed by atoms with E-state index in [0.29, 0.717) is 18.2 Å². The van der Waals surface area contributed by atoms with E-state index in [1.807, 2.05) is 31.2 Å². The summed E-state index contributed by atoms with van der Waals surface area (Å²) >= 11 is 0. The third-order valence-electron chi connectivity index (χ3n) is 3.84. The van der Waals surface area contributed by atoms with Gasteiger partial charge in [-0.2, -0.15) is 4.98 Å². The van der Waals surface area contributed by atoms with Crippen LogP contribution in [0.3, 0.4) is 0 Å². The number of benzene rings is 1. The molecule has 0 fully saturated rings. The maximum Gasteiger partial charge on any atom is 0.225 e. The smallest absolute Gasteiger partial charge is 0.225 e. The van der Waals surface area contributed by atoms with Gasteiger partial charge in [0.25, 0.3) is 0 Å². The molecule has 0 unspecified atom stereocenters. The van der Waals surface area contributed by atoms with E-state index in [4.69, 9.17) is 9.47 Å². The van der Waals surface area contributed by atoms with Crippen molar-refractivity contribution < 1.29 is 9.47 Å². The zero-order valence-corrected chi connectivity index (χ0v) is 15.6. The van der Waals surface area contributed by atoms with Crippen molar-refractivity contribution in [2.45, 2.75) is 39.7 Å². The molecule has 1 aromatic carbocycles. The molecule has 1 aromatic heterocycles. The van der Waals surface area contributed by atoms with Crippen LogP contribution in [0.4, 0.5) is 11.8 Å². The summed E-state index contributed by atoms with van der Waals surface area (Å²) in [4.78, 5) is 8.98. The lowest BCUT2D eigenvalue weighted by Gasteiger charge is -2.12. The van der Waals surface area contributed by atoms with Crippen molar-refractivity contribution in [1.29, 1.82) is 0 Å². The number of hydrogen-bond donors (Lipinski definition) is 2. The number of nitrogens with zero attached hydrogens (tertiary/aromatic N) is 2. The minimum atomic E-state index is 0.610. The van der Waals surface area contributed by atoms with E-state index >= 15 is 0 Å². The molecule has 25 heavy (non-hydrogen) atoms. The Kier molecular flexibility index (Phi) is 7.32. The zero-order valence-electron chi connectivity index (χ0n) is 15.6. The van der Waals surface area contributed by atoms with Crippen molar-refractivity contribution in [3.63, 3.8) is 0 Å². The second-order valence-electron chi connectivity index (χ2n) is 5.89. The molecule has 1 heterocycles. The van der Waals surface area contributed by atoms with Crippen LogP contribution < -0.4 is 20.1 Å². The molecule has 136 valence electrons. The van der Waals surface area contributed by atoms with Crippen molar-refractivity contribution in [2.75, 3.05) is 31.4 Å². The first-order chi connectivity index (χ1) is 12.2. The number of aromatic nitrogens is 2. The van der Waals surface area contributed by atoms with Crippen LogP contribution in [0.2, 0.25) is 0 Å². The first-order valence-electron chi connectivity index (χ1n) is 8.70. The summed E-state index contributed by atoms with van der Waals surface area (Å²) in [6.07, 6.45) is 3.58. The van der Waals surface area contributed by atoms with Crippen LogP contribution in [0.15, 0.2) is 24.3 Å². The second-order valence-corrected chi connectivity index (χ2v) is 5.89. The van der Waals surface area contributed by atoms with Crippen molar-refractivity contribution >= 4 is 11.8 Å². The minimum absolute atomic E-state index is 0.610. The number of aryl methyl sites for hydroxylation is 1. The van der Waals surface area contributed by atoms with Gasteiger partial charge in [0.1, 0.15) is 5.82 Å². The number of unbranched alkanes of at least 4 members (excludes halogenated alkanes) is 2. The van der Waals surface area contributed by atoms with Crippen molar-refractivity contribution in [3.8, 4) is 11.5 Å². The van der Waals surface area contributed by atoms with E-state index in [1.165, 1.54) is 12.8 Å². The molecule has 6 nitrogen and oxygen atoms in total. The van der Waals surface area contributed by atoms with Gasteiger partial charge in [-0.3, -0.25) is 0 Å². The molecule has 2 N–H and O–H groups in total. The Morgan fingerprint density at radius 2 is 1.76 bits per heavy atom. The first-order valence-corrected chi connectivity index (χ1v) is 8.70. The largest absolute Gasteiger partial charge is 0.493 e. The Morgan fingerprint density at radius 3 is 2.48 bits per heavy atom. The van der Waals surface area contributed by atoms with Crippen molar-refractivity contribution in [1.82, 2.24) is 9.97 Å². The monoisotopic (exact) mass is 344 g/mol. The third-order valence-corrected chi connectivity index (χ3v) is 3.84. The summed E-state index contributed by atoms with van der Waals surface area (Å²) in [6.45, 7) is 5.71. The Balaban J connectivity index is 1.99. The maximum atomic E-state index is 5.34. The van der Waals surface area contributed by atoms with Crippen LogP contribution >= 0.6 is 0 Å². The predicted octanol–water partition coefficient (Wildman–Crippen LogP) is 4.02. The Morgan fingerprint density at radius 1 is 0.960 bits per heavy atom. The Labute approximate surface area is 150 Å². The number of methoxy groups -OCH3 is 2. The topological polar surface area (TPSA) is 68.3 Å². The summed E-state index contributed by atoms with van der Waals surface area (Å²) < 4.78 is 10.6. The van der Waals surface area contributed by atoms with Gasteiger partial charge in [-0.25, -0.2) is 4.98 Å². The molecule has 0 bridgehead atoms. The molecule has 2 rings (SSSR count). The number of hydrogen-bond acceptors (Lipinski definition) is 6. The number of rotatable bonds is 10. The van der Waals surface area contributed by atoms with Crippen LogP contribution in [0.5, 0.6) is 11.5 Å². The lowest BCUT2D eigenvalue weighted by atomic mass is 10.2. The summed E-state index contributed by atoms with van der Waals surface area (Å²) in [5.74, 6) is 2.91. The van der Waals surface area contributed by atoms with E-state index in [2.05, 4.69) is 27.5 Å². The summed E-state index contributed by atoms with van der Waals surface area (Å²) in [6, 6.07) is 7.81. The van der Waals surface area contributed by atoms with E-state index in [-0.39, 0.29) is 0 Å². The Hall–Kier alpha value is -2.50. The van der Waals surface area contributed by atoms with E-state index in [9.17, 15) is 0 Å². The molecule has 0 radical (unpaired) electrons. The molecule has 0 atom stereocenters. The molecule has 0 spiro atoms. The first kappa shape index (κ1) is 18.8. The summed E-state index contributed by atoms with van der Waals surface area (Å²) in [7, 11) is 3.26. The van der Waals surface area contributed by atoms with E-state index in [0.717, 1.165) is 35.8 Å². The average molecular weight is 344 g/mol. The molecule has 0 aliphatic rings. The fraction of sp³-hybridized carbons (Fsp3) is 0.474. The lowest BCUT2D eigenvalue weighted by molar-refractivity contribution is 0.354. The highest BCUT2D eigenvalue weighted by atomic mass is 16.5. The number of anilines is 2. The SMILES string of the molecule is CCCCCNc1cc(C)nc(NCc2ccc(OC)c(OC)c2)n1. The van der Waals surface area contributed by atoms with Gasteiger partial charge in [-0.1, -0.05) is 25.8 Å². The van der Waals surface area contributed by atoms with Crippen LogP contribution in [0.25, 0.3) is 0 Å². The van der Waals surface area contributed by atoms with Gasteiger partial charge in [0.2, 0.25) is 5.95 Å². The standard InChI is InChI=1S/C19H28N4O2/c1-5-6-7-10-20-18-11-14(2)22-19(23-18)21-13-15-8-9-16(24-3)17(12-15)25-4/h8-9,11-12H,5-7,10,13H2,1-4H3,(H2,20,21,22,23). The normalized spacial score (nSPS) is 10.4. The van der Waals surface area contributed by atoms with Gasteiger partial charge < -0.3 is 20.1 Å². The van der Waals surface area contributed by atoms with Crippen LogP contribution in [0.1, 0.15) is 37.4 Å². The highest BCUT2D eigenvalue weighted by molar-refractivity contribution is 5.45. The predicted molar refractivity (Wildman–Crippen MR) is 102 cm³/mol. The highest BCUT2D eigenvalue weighted by Crippen LogP contribution is 2.27. The van der Waals surface area contributed by atoms with E-state index < -0.39 is 0 Å². The van der Waals surface area contributed by atoms with Gasteiger partial charge in [0, 0.05) is 24.8 Å².